The molecular formula is C44H47N7O6S. The quantitative estimate of drug-likeness (QED) is 0.117. The molecule has 8 rings (SSSR count). The number of hydrogen-bond acceptors (Lipinski definition) is 12. The SMILES string of the molecule is Cc1ncsc1-c1ccc(C(C)NC(=O)[C@@H]2C[C@@H](O)CN2C(=O)C(c2cc(OCCN3CC(c4ccc5cc(-c6ccccc6O)nnc5c4)C3)no2)C(C)C)cc1. The summed E-state index contributed by atoms with van der Waals surface area (Å²) < 4.78 is 11.6. The van der Waals surface area contributed by atoms with Crippen molar-refractivity contribution in [3.8, 4) is 33.3 Å². The van der Waals surface area contributed by atoms with Crippen molar-refractivity contribution in [2.24, 2.45) is 5.92 Å². The zero-order valence-corrected chi connectivity index (χ0v) is 33.7. The highest BCUT2D eigenvalue weighted by Crippen LogP contribution is 2.35. The van der Waals surface area contributed by atoms with Crippen molar-refractivity contribution < 1.29 is 29.1 Å². The molecular weight excluding hydrogens is 755 g/mol. The smallest absolute Gasteiger partial charge is 0.254 e. The number of likely N-dealkylation sites (tertiary alicyclic amines) is 2. The second-order valence-corrected chi connectivity index (χ2v) is 16.5. The number of nitrogens with zero attached hydrogens (tertiary/aromatic N) is 6. The summed E-state index contributed by atoms with van der Waals surface area (Å²) in [7, 11) is 0. The number of amides is 2. The number of aliphatic hydroxyl groups excluding tert-OH is 1. The maximum atomic E-state index is 14.1. The summed E-state index contributed by atoms with van der Waals surface area (Å²) in [5.74, 6) is -0.312. The molecule has 13 nitrogen and oxygen atoms in total. The van der Waals surface area contributed by atoms with Gasteiger partial charge in [-0.2, -0.15) is 0 Å². The summed E-state index contributed by atoms with van der Waals surface area (Å²) in [6.45, 7) is 10.6. The highest BCUT2D eigenvalue weighted by Gasteiger charge is 2.43. The Morgan fingerprint density at radius 3 is 2.53 bits per heavy atom. The minimum atomic E-state index is -0.824. The van der Waals surface area contributed by atoms with E-state index in [9.17, 15) is 19.8 Å². The molecule has 2 fully saturated rings. The molecule has 14 heteroatoms. The van der Waals surface area contributed by atoms with E-state index in [1.54, 1.807) is 29.5 Å². The Balaban J connectivity index is 0.834. The Labute approximate surface area is 340 Å². The standard InChI is InChI=1S/C44H47N7O6S/c1-25(2)41(44(55)51-23-33(52)19-37(51)43(54)46-26(3)28-9-11-29(12-10-28)42-27(4)45-24-58-42)39-20-40(49-57-39)56-16-15-50-21-32(22-50)30-13-14-31-18-36(48-47-35(31)17-30)34-7-5-6-8-38(34)53/h5-14,17-18,20,24-26,32-33,37,41,52-53H,15-16,19,21-23H2,1-4H3,(H,46,54)/t26?,33-,37+,41?/m1/s1. The number of ether oxygens (including phenoxy) is 1. The molecule has 0 bridgehead atoms. The van der Waals surface area contributed by atoms with E-state index >= 15 is 0 Å². The van der Waals surface area contributed by atoms with E-state index in [4.69, 9.17) is 9.26 Å². The number of nitrogens with one attached hydrogen (secondary N) is 1. The Morgan fingerprint density at radius 2 is 1.79 bits per heavy atom. The Morgan fingerprint density at radius 1 is 1.00 bits per heavy atom. The topological polar surface area (TPSA) is 167 Å². The molecule has 2 saturated heterocycles. The molecule has 0 spiro atoms. The van der Waals surface area contributed by atoms with Gasteiger partial charge in [0.05, 0.1) is 39.4 Å². The van der Waals surface area contributed by atoms with Crippen LogP contribution in [-0.2, 0) is 9.59 Å². The van der Waals surface area contributed by atoms with Crippen molar-refractivity contribution >= 4 is 34.1 Å². The molecule has 2 aliphatic heterocycles. The first kappa shape index (κ1) is 39.1. The Hall–Kier alpha value is -5.70. The average molecular weight is 802 g/mol. The molecule has 58 heavy (non-hydrogen) atoms. The van der Waals surface area contributed by atoms with Gasteiger partial charge in [-0.15, -0.1) is 21.5 Å². The number of aromatic hydroxyl groups is 1. The third-order valence-corrected chi connectivity index (χ3v) is 12.2. The minimum absolute atomic E-state index is 0.0545. The first-order valence-corrected chi connectivity index (χ1v) is 20.6. The van der Waals surface area contributed by atoms with Gasteiger partial charge in [0, 0.05) is 55.5 Å². The predicted molar refractivity (Wildman–Crippen MR) is 220 cm³/mol. The van der Waals surface area contributed by atoms with Crippen LogP contribution in [0.2, 0.25) is 0 Å². The monoisotopic (exact) mass is 801 g/mol. The van der Waals surface area contributed by atoms with Crippen LogP contribution in [0.5, 0.6) is 11.6 Å². The number of thiazole rings is 1. The minimum Gasteiger partial charge on any atom is -0.507 e. The number of phenols is 1. The van der Waals surface area contributed by atoms with E-state index in [1.807, 2.05) is 75.7 Å². The van der Waals surface area contributed by atoms with Gasteiger partial charge in [0.2, 0.25) is 11.8 Å². The van der Waals surface area contributed by atoms with Gasteiger partial charge in [-0.3, -0.25) is 14.5 Å². The number of β-amino-alcohol motifs (C(OH)–C–C–N with tert-alkyl or cyclic N) is 1. The molecule has 2 amide bonds. The molecule has 6 aromatic rings. The van der Waals surface area contributed by atoms with E-state index in [0.717, 1.165) is 45.7 Å². The van der Waals surface area contributed by atoms with Crippen LogP contribution < -0.4 is 10.1 Å². The summed E-state index contributed by atoms with van der Waals surface area (Å²) in [6, 6.07) is 23.9. The predicted octanol–water partition coefficient (Wildman–Crippen LogP) is 6.48. The van der Waals surface area contributed by atoms with Gasteiger partial charge in [0.1, 0.15) is 24.3 Å². The van der Waals surface area contributed by atoms with Crippen molar-refractivity contribution in [1.29, 1.82) is 0 Å². The molecule has 0 saturated carbocycles. The lowest BCUT2D eigenvalue weighted by molar-refractivity contribution is -0.141. The number of hydrogen-bond donors (Lipinski definition) is 3. The number of benzene rings is 3. The van der Waals surface area contributed by atoms with Gasteiger partial charge in [-0.25, -0.2) is 4.98 Å². The lowest BCUT2D eigenvalue weighted by Crippen LogP contribution is -2.48. The molecule has 5 heterocycles. The number of aryl methyl sites for hydroxylation is 1. The molecule has 2 aliphatic rings. The summed E-state index contributed by atoms with van der Waals surface area (Å²) in [6.07, 6.45) is -0.670. The maximum absolute atomic E-state index is 14.1. The average Bonchev–Trinajstić information content (AvgIpc) is 3.95. The van der Waals surface area contributed by atoms with Crippen molar-refractivity contribution in [2.45, 2.75) is 64.1 Å². The third-order valence-electron chi connectivity index (χ3n) is 11.3. The van der Waals surface area contributed by atoms with Crippen LogP contribution in [0, 0.1) is 12.8 Å². The molecule has 2 unspecified atom stereocenters. The highest BCUT2D eigenvalue weighted by atomic mass is 32.1. The summed E-state index contributed by atoms with van der Waals surface area (Å²) in [4.78, 5) is 37.0. The van der Waals surface area contributed by atoms with Crippen molar-refractivity contribution in [3.05, 3.63) is 107 Å². The fraction of sp³-hybridized carbons (Fsp3) is 0.364. The number of aromatic nitrogens is 4. The van der Waals surface area contributed by atoms with Crippen LogP contribution in [0.3, 0.4) is 0 Å². The van der Waals surface area contributed by atoms with Crippen molar-refractivity contribution in [2.75, 3.05) is 32.8 Å². The van der Waals surface area contributed by atoms with E-state index in [0.29, 0.717) is 42.0 Å². The van der Waals surface area contributed by atoms with Gasteiger partial charge in [-0.1, -0.05) is 62.4 Å². The lowest BCUT2D eigenvalue weighted by Gasteiger charge is -2.39. The van der Waals surface area contributed by atoms with Gasteiger partial charge < -0.3 is 29.7 Å². The van der Waals surface area contributed by atoms with Crippen LogP contribution in [0.1, 0.15) is 67.7 Å². The van der Waals surface area contributed by atoms with Gasteiger partial charge in [-0.05, 0) is 65.9 Å². The Bertz CT molecular complexity index is 2410. The molecule has 3 N–H and O–H groups in total. The van der Waals surface area contributed by atoms with Gasteiger partial charge in [0.25, 0.3) is 5.88 Å². The van der Waals surface area contributed by atoms with Crippen LogP contribution in [0.4, 0.5) is 0 Å². The van der Waals surface area contributed by atoms with E-state index < -0.39 is 18.1 Å². The zero-order chi connectivity index (χ0) is 40.5. The second-order valence-electron chi connectivity index (χ2n) is 15.7. The first-order valence-electron chi connectivity index (χ1n) is 19.7. The van der Waals surface area contributed by atoms with Crippen LogP contribution >= 0.6 is 11.3 Å². The van der Waals surface area contributed by atoms with Gasteiger partial charge in [0.15, 0.2) is 5.76 Å². The van der Waals surface area contributed by atoms with Crippen LogP contribution in [0.25, 0.3) is 32.6 Å². The molecule has 300 valence electrons. The number of carbonyl (C=O) groups is 2. The molecule has 0 aliphatic carbocycles. The second kappa shape index (κ2) is 16.6. The largest absolute Gasteiger partial charge is 0.507 e. The Kier molecular flexibility index (Phi) is 11.2. The fourth-order valence-electron chi connectivity index (χ4n) is 7.97. The third kappa shape index (κ3) is 8.17. The van der Waals surface area contributed by atoms with E-state index in [1.165, 1.54) is 10.5 Å². The molecule has 3 aromatic carbocycles. The summed E-state index contributed by atoms with van der Waals surface area (Å²) in [5, 5.41) is 37.8. The highest BCUT2D eigenvalue weighted by molar-refractivity contribution is 7.13. The van der Waals surface area contributed by atoms with E-state index in [2.05, 4.69) is 48.8 Å². The number of aliphatic hydroxyl groups is 1. The number of para-hydroxylation sites is 1. The van der Waals surface area contributed by atoms with Gasteiger partial charge >= 0.3 is 0 Å². The number of fused-ring (bicyclic) bond motifs is 1. The zero-order valence-electron chi connectivity index (χ0n) is 32.9. The molecule has 3 aromatic heterocycles. The van der Waals surface area contributed by atoms with Crippen LogP contribution in [0.15, 0.2) is 88.9 Å². The number of rotatable bonds is 13. The van der Waals surface area contributed by atoms with Crippen molar-refractivity contribution in [3.63, 3.8) is 0 Å². The first-order chi connectivity index (χ1) is 28.0. The summed E-state index contributed by atoms with van der Waals surface area (Å²) in [5.41, 5.74) is 8.10. The number of phenolic OH excluding ortho intramolecular Hbond substituents is 1. The fourth-order valence-corrected chi connectivity index (χ4v) is 8.78. The van der Waals surface area contributed by atoms with Crippen molar-refractivity contribution in [1.82, 2.24) is 35.5 Å². The number of carbonyl (C=O) groups excluding carboxylic acids is 2. The normalized spacial score (nSPS) is 18.3. The lowest BCUT2D eigenvalue weighted by atomic mass is 9.91. The van der Waals surface area contributed by atoms with Crippen LogP contribution in [-0.4, -0.2) is 97.1 Å². The summed E-state index contributed by atoms with van der Waals surface area (Å²) >= 11 is 1.59. The van der Waals surface area contributed by atoms with E-state index in [-0.39, 0.29) is 42.5 Å². The molecule has 0 radical (unpaired) electrons. The molecule has 4 atom stereocenters. The maximum Gasteiger partial charge on any atom is 0.254 e.